The predicted octanol–water partition coefficient (Wildman–Crippen LogP) is 1.58. The van der Waals surface area contributed by atoms with Crippen molar-refractivity contribution < 1.29 is 9.53 Å². The van der Waals surface area contributed by atoms with Gasteiger partial charge < -0.3 is 15.4 Å². The van der Waals surface area contributed by atoms with Gasteiger partial charge in [0.2, 0.25) is 5.91 Å². The zero-order chi connectivity index (χ0) is 13.7. The highest BCUT2D eigenvalue weighted by Gasteiger charge is 2.20. The van der Waals surface area contributed by atoms with E-state index in [0.29, 0.717) is 6.42 Å². The molecule has 1 saturated heterocycles. The molecule has 0 saturated carbocycles. The van der Waals surface area contributed by atoms with Gasteiger partial charge in [0.05, 0.1) is 7.11 Å². The Morgan fingerprint density at radius 3 is 2.74 bits per heavy atom. The first-order valence-electron chi connectivity index (χ1n) is 6.86. The highest BCUT2D eigenvalue weighted by molar-refractivity contribution is 5.76. The van der Waals surface area contributed by atoms with Crippen molar-refractivity contribution in [3.05, 3.63) is 29.8 Å². The van der Waals surface area contributed by atoms with Gasteiger partial charge in [0, 0.05) is 25.6 Å². The van der Waals surface area contributed by atoms with E-state index in [9.17, 15) is 4.79 Å². The Morgan fingerprint density at radius 2 is 2.05 bits per heavy atom. The fourth-order valence-electron chi connectivity index (χ4n) is 2.46. The third kappa shape index (κ3) is 3.70. The van der Waals surface area contributed by atoms with Crippen LogP contribution in [0.4, 0.5) is 0 Å². The summed E-state index contributed by atoms with van der Waals surface area (Å²) >= 11 is 0. The quantitative estimate of drug-likeness (QED) is 0.896. The molecule has 0 unspecified atom stereocenters. The molecule has 1 heterocycles. The normalized spacial score (nSPS) is 16.4. The topological polar surface area (TPSA) is 55.6 Å². The number of hydrogen-bond donors (Lipinski definition) is 1. The van der Waals surface area contributed by atoms with E-state index in [1.54, 1.807) is 7.11 Å². The van der Waals surface area contributed by atoms with Crippen molar-refractivity contribution in [1.82, 2.24) is 4.90 Å². The number of methoxy groups -OCH3 is 1. The van der Waals surface area contributed by atoms with Gasteiger partial charge in [-0.05, 0) is 30.9 Å². The summed E-state index contributed by atoms with van der Waals surface area (Å²) in [6.45, 7) is 1.60. The number of aryl methyl sites for hydroxylation is 1. The summed E-state index contributed by atoms with van der Waals surface area (Å²) < 4.78 is 5.30. The molecule has 4 nitrogen and oxygen atoms in total. The van der Waals surface area contributed by atoms with E-state index in [-0.39, 0.29) is 11.9 Å². The fraction of sp³-hybridized carbons (Fsp3) is 0.533. The lowest BCUT2D eigenvalue weighted by molar-refractivity contribution is -0.132. The van der Waals surface area contributed by atoms with Crippen molar-refractivity contribution in [2.24, 2.45) is 5.73 Å². The zero-order valence-corrected chi connectivity index (χ0v) is 11.5. The van der Waals surface area contributed by atoms with E-state index in [1.807, 2.05) is 29.2 Å². The van der Waals surface area contributed by atoms with Crippen LogP contribution >= 0.6 is 0 Å². The maximum Gasteiger partial charge on any atom is 0.222 e. The Morgan fingerprint density at radius 1 is 1.37 bits per heavy atom. The van der Waals surface area contributed by atoms with Gasteiger partial charge in [-0.15, -0.1) is 0 Å². The van der Waals surface area contributed by atoms with Crippen LogP contribution in [0.3, 0.4) is 0 Å². The van der Waals surface area contributed by atoms with E-state index in [2.05, 4.69) is 0 Å². The number of piperidine rings is 1. The molecule has 0 aromatic heterocycles. The van der Waals surface area contributed by atoms with Crippen molar-refractivity contribution in [3.8, 4) is 5.75 Å². The number of ether oxygens (including phenoxy) is 1. The number of carbonyl (C=O) groups excluding carboxylic acids is 1. The Balaban J connectivity index is 1.86. The van der Waals surface area contributed by atoms with Crippen LogP contribution in [0.2, 0.25) is 0 Å². The molecule has 1 aliphatic rings. The minimum absolute atomic E-state index is 0.220. The molecule has 1 fully saturated rings. The second kappa shape index (κ2) is 6.57. The highest BCUT2D eigenvalue weighted by Crippen LogP contribution is 2.19. The van der Waals surface area contributed by atoms with Gasteiger partial charge in [-0.2, -0.15) is 0 Å². The molecule has 1 amide bonds. The molecule has 0 spiro atoms. The number of para-hydroxylation sites is 1. The maximum absolute atomic E-state index is 12.1. The molecule has 104 valence electrons. The van der Waals surface area contributed by atoms with Crippen molar-refractivity contribution in [1.29, 1.82) is 0 Å². The van der Waals surface area contributed by atoms with E-state index in [4.69, 9.17) is 10.5 Å². The Hall–Kier alpha value is -1.55. The Bertz CT molecular complexity index is 426. The largest absolute Gasteiger partial charge is 0.496 e. The molecule has 0 bridgehead atoms. The second-order valence-electron chi connectivity index (χ2n) is 5.03. The SMILES string of the molecule is COc1ccccc1CCC(=O)N1CCC(N)CC1. The predicted molar refractivity (Wildman–Crippen MR) is 75.1 cm³/mol. The summed E-state index contributed by atoms with van der Waals surface area (Å²) in [6, 6.07) is 8.12. The summed E-state index contributed by atoms with van der Waals surface area (Å²) in [7, 11) is 1.66. The van der Waals surface area contributed by atoms with E-state index in [1.165, 1.54) is 0 Å². The lowest BCUT2D eigenvalue weighted by atomic mass is 10.0. The van der Waals surface area contributed by atoms with E-state index >= 15 is 0 Å². The fourth-order valence-corrected chi connectivity index (χ4v) is 2.46. The summed E-state index contributed by atoms with van der Waals surface area (Å²) in [5, 5.41) is 0. The monoisotopic (exact) mass is 262 g/mol. The van der Waals surface area contributed by atoms with Gasteiger partial charge >= 0.3 is 0 Å². The van der Waals surface area contributed by atoms with Crippen LogP contribution < -0.4 is 10.5 Å². The number of rotatable bonds is 4. The first kappa shape index (κ1) is 13.9. The molecular formula is C15H22N2O2. The summed E-state index contributed by atoms with van der Waals surface area (Å²) in [4.78, 5) is 14.1. The molecule has 4 heteroatoms. The van der Waals surface area contributed by atoms with Crippen molar-refractivity contribution in [3.63, 3.8) is 0 Å². The average Bonchev–Trinajstić information content (AvgIpc) is 2.45. The van der Waals surface area contributed by atoms with Crippen LogP contribution in [-0.4, -0.2) is 37.0 Å². The molecule has 2 rings (SSSR count). The number of hydrogen-bond acceptors (Lipinski definition) is 3. The highest BCUT2D eigenvalue weighted by atomic mass is 16.5. The first-order chi connectivity index (χ1) is 9.20. The zero-order valence-electron chi connectivity index (χ0n) is 11.5. The van der Waals surface area contributed by atoms with Gasteiger partial charge in [0.1, 0.15) is 5.75 Å². The van der Waals surface area contributed by atoms with Crippen molar-refractivity contribution in [2.45, 2.75) is 31.7 Å². The van der Waals surface area contributed by atoms with Crippen molar-refractivity contribution in [2.75, 3.05) is 20.2 Å². The standard InChI is InChI=1S/C15H22N2O2/c1-19-14-5-3-2-4-12(14)6-7-15(18)17-10-8-13(16)9-11-17/h2-5,13H,6-11,16H2,1H3. The molecule has 0 atom stereocenters. The molecule has 0 radical (unpaired) electrons. The number of benzene rings is 1. The van der Waals surface area contributed by atoms with Crippen LogP contribution in [0.1, 0.15) is 24.8 Å². The third-order valence-corrected chi connectivity index (χ3v) is 3.69. The minimum atomic E-state index is 0.220. The van der Waals surface area contributed by atoms with Crippen LogP contribution in [0, 0.1) is 0 Å². The summed E-state index contributed by atoms with van der Waals surface area (Å²) in [5.74, 6) is 1.08. The van der Waals surface area contributed by atoms with E-state index in [0.717, 1.165) is 43.7 Å². The minimum Gasteiger partial charge on any atom is -0.496 e. The van der Waals surface area contributed by atoms with Gasteiger partial charge in [0.25, 0.3) is 0 Å². The van der Waals surface area contributed by atoms with Gasteiger partial charge in [-0.1, -0.05) is 18.2 Å². The molecule has 0 aliphatic carbocycles. The first-order valence-corrected chi connectivity index (χ1v) is 6.86. The summed E-state index contributed by atoms with van der Waals surface area (Å²) in [5.41, 5.74) is 6.94. The molecule has 1 aromatic carbocycles. The van der Waals surface area contributed by atoms with Crippen LogP contribution in [0.5, 0.6) is 5.75 Å². The lowest BCUT2D eigenvalue weighted by Crippen LogP contribution is -2.42. The number of amides is 1. The third-order valence-electron chi connectivity index (χ3n) is 3.69. The van der Waals surface area contributed by atoms with E-state index < -0.39 is 0 Å². The van der Waals surface area contributed by atoms with Gasteiger partial charge in [-0.25, -0.2) is 0 Å². The number of nitrogens with zero attached hydrogens (tertiary/aromatic N) is 1. The average molecular weight is 262 g/mol. The lowest BCUT2D eigenvalue weighted by Gasteiger charge is -2.30. The number of likely N-dealkylation sites (tertiary alicyclic amines) is 1. The smallest absolute Gasteiger partial charge is 0.222 e. The second-order valence-corrected chi connectivity index (χ2v) is 5.03. The number of carbonyl (C=O) groups is 1. The van der Waals surface area contributed by atoms with Crippen molar-refractivity contribution >= 4 is 5.91 Å². The van der Waals surface area contributed by atoms with Gasteiger partial charge in [0.15, 0.2) is 0 Å². The molecule has 1 aromatic rings. The van der Waals surface area contributed by atoms with Crippen LogP contribution in [-0.2, 0) is 11.2 Å². The molecule has 19 heavy (non-hydrogen) atoms. The Kier molecular flexibility index (Phi) is 4.80. The van der Waals surface area contributed by atoms with Crippen LogP contribution in [0.25, 0.3) is 0 Å². The molecular weight excluding hydrogens is 240 g/mol. The number of nitrogens with two attached hydrogens (primary N) is 1. The molecule has 2 N–H and O–H groups in total. The van der Waals surface area contributed by atoms with Gasteiger partial charge in [-0.3, -0.25) is 4.79 Å². The van der Waals surface area contributed by atoms with Crippen LogP contribution in [0.15, 0.2) is 24.3 Å². The summed E-state index contributed by atoms with van der Waals surface area (Å²) in [6.07, 6.45) is 3.10. The molecule has 1 aliphatic heterocycles. The Labute approximate surface area is 114 Å². The maximum atomic E-state index is 12.1.